The molecule has 2 N–H and O–H groups in total. The third-order valence-electron chi connectivity index (χ3n) is 4.75. The van der Waals surface area contributed by atoms with Gasteiger partial charge in [0.1, 0.15) is 0 Å². The van der Waals surface area contributed by atoms with Gasteiger partial charge in [-0.1, -0.05) is 19.3 Å². The average Bonchev–Trinajstić information content (AvgIpc) is 2.81. The van der Waals surface area contributed by atoms with Crippen molar-refractivity contribution in [2.75, 3.05) is 26.3 Å². The Labute approximate surface area is 105 Å². The van der Waals surface area contributed by atoms with E-state index in [0.717, 1.165) is 19.5 Å². The first kappa shape index (κ1) is 13.3. The summed E-state index contributed by atoms with van der Waals surface area (Å²) in [6, 6.07) is 0.553. The third-order valence-corrected chi connectivity index (χ3v) is 4.75. The van der Waals surface area contributed by atoms with Gasteiger partial charge in [0.2, 0.25) is 0 Å². The van der Waals surface area contributed by atoms with E-state index in [2.05, 4.69) is 4.90 Å². The monoisotopic (exact) mass is 241 g/mol. The molecule has 1 aliphatic heterocycles. The summed E-state index contributed by atoms with van der Waals surface area (Å²) in [5.41, 5.74) is 0.172. The van der Waals surface area contributed by atoms with Gasteiger partial charge < -0.3 is 10.2 Å². The molecule has 0 aromatic heterocycles. The van der Waals surface area contributed by atoms with Crippen molar-refractivity contribution in [3.63, 3.8) is 0 Å². The van der Waals surface area contributed by atoms with Crippen LogP contribution in [0.5, 0.6) is 0 Å². The highest BCUT2D eigenvalue weighted by molar-refractivity contribution is 4.90. The fourth-order valence-corrected chi connectivity index (χ4v) is 3.67. The van der Waals surface area contributed by atoms with Gasteiger partial charge in [-0.2, -0.15) is 0 Å². The maximum atomic E-state index is 9.69. The van der Waals surface area contributed by atoms with Crippen molar-refractivity contribution in [2.45, 2.75) is 57.4 Å². The van der Waals surface area contributed by atoms with E-state index in [4.69, 9.17) is 5.11 Å². The Morgan fingerprint density at radius 2 is 1.82 bits per heavy atom. The first-order valence-electron chi connectivity index (χ1n) is 7.25. The Bertz CT molecular complexity index is 224. The lowest BCUT2D eigenvalue weighted by Crippen LogP contribution is -2.47. The summed E-state index contributed by atoms with van der Waals surface area (Å²) >= 11 is 0. The fourth-order valence-electron chi connectivity index (χ4n) is 3.67. The quantitative estimate of drug-likeness (QED) is 0.771. The number of hydrogen-bond acceptors (Lipinski definition) is 3. The first-order valence-corrected chi connectivity index (χ1v) is 7.25. The van der Waals surface area contributed by atoms with Gasteiger partial charge in [0, 0.05) is 31.2 Å². The number of rotatable bonds is 5. The second kappa shape index (κ2) is 6.17. The van der Waals surface area contributed by atoms with Crippen molar-refractivity contribution in [3.8, 4) is 0 Å². The van der Waals surface area contributed by atoms with Crippen LogP contribution < -0.4 is 0 Å². The standard InChI is InChI=1S/C14H27NO2/c16-10-6-13-5-1-4-9-15(13)11-14(12-17)7-2-3-8-14/h13,16-17H,1-12H2. The molecule has 100 valence electrons. The Kier molecular flexibility index (Phi) is 4.83. The number of likely N-dealkylation sites (tertiary alicyclic amines) is 1. The molecule has 1 atom stereocenters. The SMILES string of the molecule is OCCC1CCCCN1CC1(CO)CCCC1. The van der Waals surface area contributed by atoms with Crippen molar-refractivity contribution in [3.05, 3.63) is 0 Å². The normalized spacial score (nSPS) is 29.6. The molecule has 2 rings (SSSR count). The van der Waals surface area contributed by atoms with E-state index in [-0.39, 0.29) is 5.41 Å². The summed E-state index contributed by atoms with van der Waals surface area (Å²) < 4.78 is 0. The number of hydrogen-bond donors (Lipinski definition) is 2. The van der Waals surface area contributed by atoms with Crippen LogP contribution in [0.2, 0.25) is 0 Å². The molecule has 0 spiro atoms. The van der Waals surface area contributed by atoms with E-state index in [1.165, 1.54) is 44.9 Å². The van der Waals surface area contributed by atoms with Gasteiger partial charge in [-0.3, -0.25) is 4.90 Å². The Balaban J connectivity index is 1.94. The molecule has 1 unspecified atom stereocenters. The summed E-state index contributed by atoms with van der Waals surface area (Å²) in [4.78, 5) is 2.54. The van der Waals surface area contributed by atoms with Crippen LogP contribution in [-0.2, 0) is 0 Å². The van der Waals surface area contributed by atoms with E-state index in [9.17, 15) is 5.11 Å². The van der Waals surface area contributed by atoms with Crippen LogP contribution in [0.4, 0.5) is 0 Å². The summed E-state index contributed by atoms with van der Waals surface area (Å²) in [7, 11) is 0. The van der Waals surface area contributed by atoms with E-state index >= 15 is 0 Å². The number of piperidine rings is 1. The zero-order valence-corrected chi connectivity index (χ0v) is 10.9. The van der Waals surface area contributed by atoms with Crippen LogP contribution >= 0.6 is 0 Å². The van der Waals surface area contributed by atoms with Gasteiger partial charge in [0.15, 0.2) is 0 Å². The van der Waals surface area contributed by atoms with Crippen molar-refractivity contribution < 1.29 is 10.2 Å². The van der Waals surface area contributed by atoms with Crippen molar-refractivity contribution in [2.24, 2.45) is 5.41 Å². The van der Waals surface area contributed by atoms with E-state index in [1.807, 2.05) is 0 Å². The minimum absolute atomic E-state index is 0.172. The van der Waals surface area contributed by atoms with Gasteiger partial charge in [0.25, 0.3) is 0 Å². The van der Waals surface area contributed by atoms with Crippen LogP contribution in [0.3, 0.4) is 0 Å². The minimum Gasteiger partial charge on any atom is -0.396 e. The van der Waals surface area contributed by atoms with Crippen molar-refractivity contribution in [1.82, 2.24) is 4.90 Å². The molecule has 0 aromatic rings. The molecular formula is C14H27NO2. The zero-order chi connectivity index (χ0) is 12.1. The van der Waals surface area contributed by atoms with Crippen LogP contribution in [0, 0.1) is 5.41 Å². The largest absolute Gasteiger partial charge is 0.396 e. The Hall–Kier alpha value is -0.120. The highest BCUT2D eigenvalue weighted by Gasteiger charge is 2.37. The van der Waals surface area contributed by atoms with Crippen LogP contribution in [-0.4, -0.2) is 47.5 Å². The molecule has 2 fully saturated rings. The third kappa shape index (κ3) is 3.21. The topological polar surface area (TPSA) is 43.7 Å². The molecule has 17 heavy (non-hydrogen) atoms. The highest BCUT2D eigenvalue weighted by atomic mass is 16.3. The lowest BCUT2D eigenvalue weighted by Gasteiger charge is -2.41. The maximum Gasteiger partial charge on any atom is 0.0499 e. The van der Waals surface area contributed by atoms with Crippen LogP contribution in [0.1, 0.15) is 51.4 Å². The van der Waals surface area contributed by atoms with Crippen LogP contribution in [0.25, 0.3) is 0 Å². The molecule has 1 saturated heterocycles. The molecular weight excluding hydrogens is 214 g/mol. The predicted molar refractivity (Wildman–Crippen MR) is 68.9 cm³/mol. The van der Waals surface area contributed by atoms with Gasteiger partial charge in [-0.25, -0.2) is 0 Å². The molecule has 0 amide bonds. The second-order valence-corrected chi connectivity index (χ2v) is 6.00. The molecule has 0 radical (unpaired) electrons. The summed E-state index contributed by atoms with van der Waals surface area (Å²) in [6.07, 6.45) is 9.64. The second-order valence-electron chi connectivity index (χ2n) is 6.00. The molecule has 1 aliphatic carbocycles. The molecule has 3 heteroatoms. The predicted octanol–water partition coefficient (Wildman–Crippen LogP) is 1.78. The first-order chi connectivity index (χ1) is 8.29. The van der Waals surface area contributed by atoms with Gasteiger partial charge in [0.05, 0.1) is 0 Å². The molecule has 2 aliphatic rings. The van der Waals surface area contributed by atoms with E-state index in [0.29, 0.717) is 19.3 Å². The average molecular weight is 241 g/mol. The number of nitrogens with zero attached hydrogens (tertiary/aromatic N) is 1. The molecule has 0 aromatic carbocycles. The van der Waals surface area contributed by atoms with E-state index in [1.54, 1.807) is 0 Å². The molecule has 1 saturated carbocycles. The van der Waals surface area contributed by atoms with E-state index < -0.39 is 0 Å². The Morgan fingerprint density at radius 1 is 1.06 bits per heavy atom. The van der Waals surface area contributed by atoms with Gasteiger partial charge in [-0.05, 0) is 38.6 Å². The zero-order valence-electron chi connectivity index (χ0n) is 10.9. The van der Waals surface area contributed by atoms with Crippen LogP contribution in [0.15, 0.2) is 0 Å². The van der Waals surface area contributed by atoms with Gasteiger partial charge >= 0.3 is 0 Å². The molecule has 0 bridgehead atoms. The number of aliphatic hydroxyl groups excluding tert-OH is 2. The minimum atomic E-state index is 0.172. The maximum absolute atomic E-state index is 9.69. The van der Waals surface area contributed by atoms with Gasteiger partial charge in [-0.15, -0.1) is 0 Å². The van der Waals surface area contributed by atoms with Crippen molar-refractivity contribution in [1.29, 1.82) is 0 Å². The lowest BCUT2D eigenvalue weighted by molar-refractivity contribution is 0.0347. The molecule has 3 nitrogen and oxygen atoms in total. The summed E-state index contributed by atoms with van der Waals surface area (Å²) in [6.45, 7) is 2.85. The fraction of sp³-hybridized carbons (Fsp3) is 1.00. The Morgan fingerprint density at radius 3 is 2.47 bits per heavy atom. The highest BCUT2D eigenvalue weighted by Crippen LogP contribution is 2.39. The smallest absolute Gasteiger partial charge is 0.0499 e. The summed E-state index contributed by atoms with van der Waals surface area (Å²) in [5.74, 6) is 0. The summed E-state index contributed by atoms with van der Waals surface area (Å²) in [5, 5.41) is 18.8. The molecule has 1 heterocycles. The van der Waals surface area contributed by atoms with Crippen molar-refractivity contribution >= 4 is 0 Å². The number of aliphatic hydroxyl groups is 2. The lowest BCUT2D eigenvalue weighted by atomic mass is 9.85.